The van der Waals surface area contributed by atoms with Gasteiger partial charge >= 0.3 is 0 Å². The molecule has 96 valence electrons. The molecule has 1 aromatic rings. The van der Waals surface area contributed by atoms with Crippen LogP contribution in [0, 0.1) is 6.92 Å². The van der Waals surface area contributed by atoms with Gasteiger partial charge in [0.15, 0.2) is 0 Å². The summed E-state index contributed by atoms with van der Waals surface area (Å²) in [5.41, 5.74) is 1.19. The molecule has 0 aromatic heterocycles. The maximum absolute atomic E-state index is 9.64. The zero-order chi connectivity index (χ0) is 12.5. The maximum atomic E-state index is 9.64. The smallest absolute Gasteiger partial charge is 0.119 e. The first-order valence-electron chi connectivity index (χ1n) is 5.79. The van der Waals surface area contributed by atoms with E-state index in [1.165, 1.54) is 5.56 Å². The van der Waals surface area contributed by atoms with Gasteiger partial charge in [0.05, 0.1) is 6.61 Å². The van der Waals surface area contributed by atoms with Crippen LogP contribution < -0.4 is 10.1 Å². The van der Waals surface area contributed by atoms with E-state index in [0.29, 0.717) is 19.8 Å². The molecule has 4 nitrogen and oxygen atoms in total. The maximum Gasteiger partial charge on any atom is 0.119 e. The second-order valence-electron chi connectivity index (χ2n) is 3.97. The third-order valence-electron chi connectivity index (χ3n) is 2.33. The van der Waals surface area contributed by atoms with Gasteiger partial charge in [-0.1, -0.05) is 17.7 Å². The number of nitrogens with one attached hydrogen (secondary N) is 1. The van der Waals surface area contributed by atoms with E-state index in [-0.39, 0.29) is 0 Å². The van der Waals surface area contributed by atoms with Gasteiger partial charge in [-0.15, -0.1) is 0 Å². The van der Waals surface area contributed by atoms with Crippen molar-refractivity contribution in [2.24, 2.45) is 0 Å². The van der Waals surface area contributed by atoms with Gasteiger partial charge in [-0.2, -0.15) is 0 Å². The number of ether oxygens (including phenoxy) is 2. The predicted molar refractivity (Wildman–Crippen MR) is 67.4 cm³/mol. The molecule has 0 aliphatic heterocycles. The number of aliphatic hydroxyl groups is 1. The van der Waals surface area contributed by atoms with Gasteiger partial charge in [-0.3, -0.25) is 0 Å². The van der Waals surface area contributed by atoms with Crippen molar-refractivity contribution < 1.29 is 14.6 Å². The van der Waals surface area contributed by atoms with E-state index in [9.17, 15) is 5.11 Å². The van der Waals surface area contributed by atoms with Crippen molar-refractivity contribution in [3.63, 3.8) is 0 Å². The molecule has 0 radical (unpaired) electrons. The summed E-state index contributed by atoms with van der Waals surface area (Å²) in [7, 11) is 1.65. The predicted octanol–water partition coefficient (Wildman–Crippen LogP) is 0.971. The van der Waals surface area contributed by atoms with Crippen molar-refractivity contribution in [2.45, 2.75) is 13.0 Å². The van der Waals surface area contributed by atoms with Gasteiger partial charge in [0.25, 0.3) is 0 Å². The molecule has 0 amide bonds. The Kier molecular flexibility index (Phi) is 6.62. The summed E-state index contributed by atoms with van der Waals surface area (Å²) in [4.78, 5) is 0. The normalized spacial score (nSPS) is 12.4. The average molecular weight is 239 g/mol. The average Bonchev–Trinajstić information content (AvgIpc) is 2.34. The molecule has 17 heavy (non-hydrogen) atoms. The van der Waals surface area contributed by atoms with E-state index < -0.39 is 6.10 Å². The van der Waals surface area contributed by atoms with E-state index >= 15 is 0 Å². The van der Waals surface area contributed by atoms with Gasteiger partial charge in [-0.05, 0) is 19.1 Å². The number of hydrogen-bond donors (Lipinski definition) is 2. The van der Waals surface area contributed by atoms with Crippen molar-refractivity contribution >= 4 is 0 Å². The monoisotopic (exact) mass is 239 g/mol. The molecule has 1 aromatic carbocycles. The van der Waals surface area contributed by atoms with Crippen LogP contribution in [0.1, 0.15) is 5.56 Å². The third kappa shape index (κ3) is 6.26. The topological polar surface area (TPSA) is 50.7 Å². The molecule has 1 atom stereocenters. The van der Waals surface area contributed by atoms with Gasteiger partial charge in [0.2, 0.25) is 0 Å². The van der Waals surface area contributed by atoms with Crippen LogP contribution in [0.25, 0.3) is 0 Å². The largest absolute Gasteiger partial charge is 0.491 e. The molecule has 0 spiro atoms. The number of aryl methyl sites for hydroxylation is 1. The van der Waals surface area contributed by atoms with Crippen LogP contribution in [0.2, 0.25) is 0 Å². The number of rotatable bonds is 8. The molecule has 0 bridgehead atoms. The third-order valence-corrected chi connectivity index (χ3v) is 2.33. The molecular formula is C13H21NO3. The number of hydrogen-bond acceptors (Lipinski definition) is 4. The van der Waals surface area contributed by atoms with Crippen LogP contribution >= 0.6 is 0 Å². The molecule has 0 heterocycles. The van der Waals surface area contributed by atoms with Crippen LogP contribution in [0.3, 0.4) is 0 Å². The Hall–Kier alpha value is -1.10. The molecule has 4 heteroatoms. The molecule has 0 saturated carbocycles. The lowest BCUT2D eigenvalue weighted by Gasteiger charge is -2.13. The summed E-state index contributed by atoms with van der Waals surface area (Å²) < 4.78 is 10.3. The SMILES string of the molecule is COCCNCC(O)COc1ccc(C)cc1. The second kappa shape index (κ2) is 8.06. The number of aliphatic hydroxyl groups excluding tert-OH is 1. The van der Waals surface area contributed by atoms with E-state index in [4.69, 9.17) is 9.47 Å². The highest BCUT2D eigenvalue weighted by atomic mass is 16.5. The summed E-state index contributed by atoms with van der Waals surface area (Å²) in [6.07, 6.45) is -0.506. The van der Waals surface area contributed by atoms with Gasteiger partial charge in [0, 0.05) is 20.2 Å². The minimum absolute atomic E-state index is 0.295. The molecule has 0 aliphatic carbocycles. The fourth-order valence-electron chi connectivity index (χ4n) is 1.33. The van der Waals surface area contributed by atoms with E-state index in [0.717, 1.165) is 12.3 Å². The Morgan fingerprint density at radius 1 is 1.29 bits per heavy atom. The summed E-state index contributed by atoms with van der Waals surface area (Å²) in [5, 5.41) is 12.7. The van der Waals surface area contributed by atoms with Gasteiger partial charge < -0.3 is 19.9 Å². The minimum Gasteiger partial charge on any atom is -0.491 e. The first-order valence-corrected chi connectivity index (χ1v) is 5.79. The summed E-state index contributed by atoms with van der Waals surface area (Å²) >= 11 is 0. The number of benzene rings is 1. The van der Waals surface area contributed by atoms with Crippen LogP contribution in [0.4, 0.5) is 0 Å². The Bertz CT molecular complexity index is 300. The van der Waals surface area contributed by atoms with Crippen molar-refractivity contribution in [2.75, 3.05) is 33.4 Å². The highest BCUT2D eigenvalue weighted by molar-refractivity contribution is 5.26. The molecule has 1 rings (SSSR count). The highest BCUT2D eigenvalue weighted by Gasteiger charge is 2.04. The lowest BCUT2D eigenvalue weighted by molar-refractivity contribution is 0.103. The second-order valence-corrected chi connectivity index (χ2v) is 3.97. The van der Waals surface area contributed by atoms with Crippen molar-refractivity contribution in [1.82, 2.24) is 5.32 Å². The molecule has 0 saturated heterocycles. The van der Waals surface area contributed by atoms with Crippen LogP contribution in [-0.4, -0.2) is 44.6 Å². The Balaban J connectivity index is 2.14. The fraction of sp³-hybridized carbons (Fsp3) is 0.538. The molecule has 2 N–H and O–H groups in total. The molecule has 1 unspecified atom stereocenters. The van der Waals surface area contributed by atoms with Crippen LogP contribution in [0.15, 0.2) is 24.3 Å². The Morgan fingerprint density at radius 3 is 2.65 bits per heavy atom. The minimum atomic E-state index is -0.506. The zero-order valence-corrected chi connectivity index (χ0v) is 10.5. The van der Waals surface area contributed by atoms with Crippen LogP contribution in [-0.2, 0) is 4.74 Å². The zero-order valence-electron chi connectivity index (χ0n) is 10.5. The van der Waals surface area contributed by atoms with E-state index in [1.807, 2.05) is 31.2 Å². The first kappa shape index (κ1) is 14.0. The molecule has 0 aliphatic rings. The van der Waals surface area contributed by atoms with Crippen molar-refractivity contribution in [1.29, 1.82) is 0 Å². The Morgan fingerprint density at radius 2 is 2.00 bits per heavy atom. The summed E-state index contributed by atoms with van der Waals surface area (Å²) in [5.74, 6) is 0.784. The summed E-state index contributed by atoms with van der Waals surface area (Å²) in [6.45, 7) is 4.21. The summed E-state index contributed by atoms with van der Waals surface area (Å²) in [6, 6.07) is 7.78. The van der Waals surface area contributed by atoms with Crippen molar-refractivity contribution in [3.05, 3.63) is 29.8 Å². The fourth-order valence-corrected chi connectivity index (χ4v) is 1.33. The Labute approximate surface area is 103 Å². The van der Waals surface area contributed by atoms with Crippen LogP contribution in [0.5, 0.6) is 5.75 Å². The van der Waals surface area contributed by atoms with E-state index in [2.05, 4.69) is 5.32 Å². The van der Waals surface area contributed by atoms with E-state index in [1.54, 1.807) is 7.11 Å². The number of methoxy groups -OCH3 is 1. The highest BCUT2D eigenvalue weighted by Crippen LogP contribution is 2.11. The molecular weight excluding hydrogens is 218 g/mol. The first-order chi connectivity index (χ1) is 8.22. The standard InChI is InChI=1S/C13H21NO3/c1-11-3-5-13(6-4-11)17-10-12(15)9-14-7-8-16-2/h3-6,12,14-15H,7-10H2,1-2H3. The molecule has 0 fully saturated rings. The van der Waals surface area contributed by atoms with Crippen molar-refractivity contribution in [3.8, 4) is 5.75 Å². The van der Waals surface area contributed by atoms with Gasteiger partial charge in [-0.25, -0.2) is 0 Å². The quantitative estimate of drug-likeness (QED) is 0.664. The lowest BCUT2D eigenvalue weighted by atomic mass is 10.2. The van der Waals surface area contributed by atoms with Gasteiger partial charge in [0.1, 0.15) is 18.5 Å². The lowest BCUT2D eigenvalue weighted by Crippen LogP contribution is -2.33.